The zero-order chi connectivity index (χ0) is 10.9. The van der Waals surface area contributed by atoms with Crippen LogP contribution in [-0.2, 0) is 5.88 Å². The van der Waals surface area contributed by atoms with Crippen molar-refractivity contribution in [3.63, 3.8) is 0 Å². The maximum absolute atomic E-state index is 5.94. The molecule has 0 aliphatic heterocycles. The fourth-order valence-electron chi connectivity index (χ4n) is 1.86. The second kappa shape index (κ2) is 4.22. The summed E-state index contributed by atoms with van der Waals surface area (Å²) in [6, 6.07) is 0. The largest absolute Gasteiger partial charge is 0.496 e. The van der Waals surface area contributed by atoms with E-state index in [0.29, 0.717) is 5.88 Å². The minimum Gasteiger partial charge on any atom is -0.496 e. The number of alkyl halides is 1. The lowest BCUT2D eigenvalue weighted by atomic mass is 9.94. The molecule has 0 aromatic heterocycles. The van der Waals surface area contributed by atoms with Gasteiger partial charge in [-0.2, -0.15) is 0 Å². The molecule has 0 atom stereocenters. The van der Waals surface area contributed by atoms with E-state index < -0.39 is 0 Å². The van der Waals surface area contributed by atoms with Crippen LogP contribution in [0.1, 0.15) is 27.8 Å². The van der Waals surface area contributed by atoms with E-state index in [4.69, 9.17) is 16.3 Å². The molecule has 1 aromatic carbocycles. The van der Waals surface area contributed by atoms with E-state index in [-0.39, 0.29) is 0 Å². The number of benzene rings is 1. The summed E-state index contributed by atoms with van der Waals surface area (Å²) in [6.07, 6.45) is 0. The van der Waals surface area contributed by atoms with Gasteiger partial charge in [0.15, 0.2) is 0 Å². The number of rotatable bonds is 2. The van der Waals surface area contributed by atoms with Gasteiger partial charge in [0, 0.05) is 5.88 Å². The molecular weight excluding hydrogens is 196 g/mol. The highest BCUT2D eigenvalue weighted by atomic mass is 35.5. The molecule has 14 heavy (non-hydrogen) atoms. The number of methoxy groups -OCH3 is 1. The maximum atomic E-state index is 5.94. The monoisotopic (exact) mass is 212 g/mol. The Bertz CT molecular complexity index is 292. The van der Waals surface area contributed by atoms with E-state index in [9.17, 15) is 0 Å². The summed E-state index contributed by atoms with van der Waals surface area (Å²) in [5.41, 5.74) is 6.14. The van der Waals surface area contributed by atoms with Crippen molar-refractivity contribution in [3.8, 4) is 5.75 Å². The van der Waals surface area contributed by atoms with Crippen LogP contribution in [0.3, 0.4) is 0 Å². The Morgan fingerprint density at radius 1 is 0.929 bits per heavy atom. The number of hydrogen-bond donors (Lipinski definition) is 0. The van der Waals surface area contributed by atoms with E-state index in [1.54, 1.807) is 7.11 Å². The van der Waals surface area contributed by atoms with Crippen LogP contribution in [0.25, 0.3) is 0 Å². The highest BCUT2D eigenvalue weighted by Gasteiger charge is 2.13. The van der Waals surface area contributed by atoms with Gasteiger partial charge < -0.3 is 4.74 Å². The molecule has 0 unspecified atom stereocenters. The molecule has 0 amide bonds. The first-order chi connectivity index (χ1) is 6.54. The van der Waals surface area contributed by atoms with E-state index >= 15 is 0 Å². The Hall–Kier alpha value is -0.690. The summed E-state index contributed by atoms with van der Waals surface area (Å²) in [6.45, 7) is 8.36. The molecule has 0 aliphatic carbocycles. The molecule has 1 aromatic rings. The van der Waals surface area contributed by atoms with Gasteiger partial charge in [0.1, 0.15) is 5.75 Å². The van der Waals surface area contributed by atoms with Crippen LogP contribution in [0.5, 0.6) is 5.75 Å². The Kier molecular flexibility index (Phi) is 3.43. The molecule has 0 bridgehead atoms. The normalized spacial score (nSPS) is 10.4. The molecule has 1 nitrogen and oxygen atoms in total. The summed E-state index contributed by atoms with van der Waals surface area (Å²) < 4.78 is 5.39. The van der Waals surface area contributed by atoms with Gasteiger partial charge in [0.25, 0.3) is 0 Å². The van der Waals surface area contributed by atoms with Crippen molar-refractivity contribution in [2.24, 2.45) is 0 Å². The SMILES string of the molecule is COc1c(C)c(C)c(CCl)c(C)c1C. The highest BCUT2D eigenvalue weighted by molar-refractivity contribution is 6.17. The minimum atomic E-state index is 0.573. The van der Waals surface area contributed by atoms with Crippen molar-refractivity contribution in [3.05, 3.63) is 27.8 Å². The first-order valence-electron chi connectivity index (χ1n) is 4.73. The zero-order valence-corrected chi connectivity index (χ0v) is 10.2. The molecule has 2 heteroatoms. The molecular formula is C12H17ClO. The van der Waals surface area contributed by atoms with Crippen LogP contribution in [0.4, 0.5) is 0 Å². The lowest BCUT2D eigenvalue weighted by molar-refractivity contribution is 0.407. The first kappa shape index (κ1) is 11.4. The molecule has 0 saturated carbocycles. The topological polar surface area (TPSA) is 9.23 Å². The molecule has 1 rings (SSSR count). The Labute approximate surface area is 91.0 Å². The third kappa shape index (κ3) is 1.61. The third-order valence-electron chi connectivity index (χ3n) is 3.05. The fourth-order valence-corrected chi connectivity index (χ4v) is 2.26. The van der Waals surface area contributed by atoms with Crippen molar-refractivity contribution in [1.82, 2.24) is 0 Å². The predicted octanol–water partition coefficient (Wildman–Crippen LogP) is 3.67. The maximum Gasteiger partial charge on any atom is 0.125 e. The quantitative estimate of drug-likeness (QED) is 0.680. The van der Waals surface area contributed by atoms with Crippen LogP contribution in [0, 0.1) is 27.7 Å². The zero-order valence-electron chi connectivity index (χ0n) is 9.49. The summed E-state index contributed by atoms with van der Waals surface area (Å²) >= 11 is 5.94. The van der Waals surface area contributed by atoms with Gasteiger partial charge in [0.2, 0.25) is 0 Å². The van der Waals surface area contributed by atoms with Crippen LogP contribution in [0.15, 0.2) is 0 Å². The van der Waals surface area contributed by atoms with Crippen molar-refractivity contribution in [1.29, 1.82) is 0 Å². The summed E-state index contributed by atoms with van der Waals surface area (Å²) in [4.78, 5) is 0. The van der Waals surface area contributed by atoms with E-state index in [2.05, 4.69) is 27.7 Å². The number of halogens is 1. The van der Waals surface area contributed by atoms with Crippen LogP contribution in [-0.4, -0.2) is 7.11 Å². The van der Waals surface area contributed by atoms with Gasteiger partial charge in [-0.25, -0.2) is 0 Å². The second-order valence-corrected chi connectivity index (χ2v) is 3.91. The molecule has 0 N–H and O–H groups in total. The molecule has 78 valence electrons. The van der Waals surface area contributed by atoms with Gasteiger partial charge >= 0.3 is 0 Å². The van der Waals surface area contributed by atoms with Gasteiger partial charge in [-0.3, -0.25) is 0 Å². The van der Waals surface area contributed by atoms with Gasteiger partial charge in [-0.15, -0.1) is 11.6 Å². The molecule has 0 saturated heterocycles. The Morgan fingerprint density at radius 3 is 1.64 bits per heavy atom. The Balaban J connectivity index is 3.55. The minimum absolute atomic E-state index is 0.573. The van der Waals surface area contributed by atoms with Crippen molar-refractivity contribution in [2.75, 3.05) is 7.11 Å². The van der Waals surface area contributed by atoms with E-state index in [1.807, 2.05) is 0 Å². The summed E-state index contributed by atoms with van der Waals surface area (Å²) in [5.74, 6) is 1.57. The average Bonchev–Trinajstić information content (AvgIpc) is 2.17. The van der Waals surface area contributed by atoms with Crippen LogP contribution in [0.2, 0.25) is 0 Å². The fraction of sp³-hybridized carbons (Fsp3) is 0.500. The molecule has 0 radical (unpaired) electrons. The third-order valence-corrected chi connectivity index (χ3v) is 3.32. The van der Waals surface area contributed by atoms with Gasteiger partial charge in [-0.05, 0) is 55.5 Å². The predicted molar refractivity (Wildman–Crippen MR) is 61.5 cm³/mol. The molecule has 0 fully saturated rings. The smallest absolute Gasteiger partial charge is 0.125 e. The molecule has 0 heterocycles. The van der Waals surface area contributed by atoms with Crippen molar-refractivity contribution in [2.45, 2.75) is 33.6 Å². The summed E-state index contributed by atoms with van der Waals surface area (Å²) in [5, 5.41) is 0. The van der Waals surface area contributed by atoms with Gasteiger partial charge in [0.05, 0.1) is 7.11 Å². The van der Waals surface area contributed by atoms with Gasteiger partial charge in [-0.1, -0.05) is 0 Å². The first-order valence-corrected chi connectivity index (χ1v) is 5.27. The average molecular weight is 213 g/mol. The second-order valence-electron chi connectivity index (χ2n) is 3.65. The van der Waals surface area contributed by atoms with E-state index in [1.165, 1.54) is 27.8 Å². The van der Waals surface area contributed by atoms with Crippen LogP contribution >= 0.6 is 11.6 Å². The standard InChI is InChI=1S/C12H17ClO/c1-7-9(3)12(14-5)10(4)8(2)11(7)6-13/h6H2,1-5H3. The lowest BCUT2D eigenvalue weighted by Gasteiger charge is -2.18. The lowest BCUT2D eigenvalue weighted by Crippen LogP contribution is -2.01. The molecule has 0 spiro atoms. The van der Waals surface area contributed by atoms with Crippen molar-refractivity contribution < 1.29 is 4.74 Å². The molecule has 0 aliphatic rings. The van der Waals surface area contributed by atoms with E-state index in [0.717, 1.165) is 5.75 Å². The van der Waals surface area contributed by atoms with Crippen molar-refractivity contribution >= 4 is 11.6 Å². The van der Waals surface area contributed by atoms with Crippen LogP contribution < -0.4 is 4.74 Å². The number of ether oxygens (including phenoxy) is 1. The number of hydrogen-bond acceptors (Lipinski definition) is 1. The Morgan fingerprint density at radius 2 is 1.36 bits per heavy atom. The summed E-state index contributed by atoms with van der Waals surface area (Å²) in [7, 11) is 1.72. The highest BCUT2D eigenvalue weighted by Crippen LogP contribution is 2.32.